The van der Waals surface area contributed by atoms with Crippen molar-refractivity contribution in [3.8, 4) is 0 Å². The van der Waals surface area contributed by atoms with Gasteiger partial charge < -0.3 is 4.90 Å². The van der Waals surface area contributed by atoms with E-state index in [4.69, 9.17) is 0 Å². The van der Waals surface area contributed by atoms with E-state index in [0.717, 1.165) is 31.4 Å². The highest BCUT2D eigenvalue weighted by atomic mass is 16.2. The lowest BCUT2D eigenvalue weighted by Crippen LogP contribution is -2.45. The Morgan fingerprint density at radius 2 is 2.00 bits per heavy atom. The van der Waals surface area contributed by atoms with Crippen LogP contribution in [0, 0.1) is 0 Å². The summed E-state index contributed by atoms with van der Waals surface area (Å²) in [5.74, 6) is 0.369. The van der Waals surface area contributed by atoms with Gasteiger partial charge >= 0.3 is 0 Å². The van der Waals surface area contributed by atoms with Gasteiger partial charge in [-0.05, 0) is 37.7 Å². The summed E-state index contributed by atoms with van der Waals surface area (Å²) in [5, 5.41) is 0. The predicted octanol–water partition coefficient (Wildman–Crippen LogP) is 3.97. The summed E-state index contributed by atoms with van der Waals surface area (Å²) in [5.41, 5.74) is 1.16. The van der Waals surface area contributed by atoms with Crippen molar-refractivity contribution in [2.75, 3.05) is 6.54 Å². The summed E-state index contributed by atoms with van der Waals surface area (Å²) in [6.45, 7) is 5.25. The molecule has 2 heteroatoms. The van der Waals surface area contributed by atoms with Crippen LogP contribution in [0.3, 0.4) is 0 Å². The number of carbonyl (C=O) groups is 1. The summed E-state index contributed by atoms with van der Waals surface area (Å²) in [6.07, 6.45) is 5.57. The third-order valence-corrected chi connectivity index (χ3v) is 4.29. The molecule has 1 heterocycles. The Morgan fingerprint density at radius 1 is 1.26 bits per heavy atom. The maximum absolute atomic E-state index is 12.8. The molecular formula is C17H25NO. The molecular weight excluding hydrogens is 234 g/mol. The lowest BCUT2D eigenvalue weighted by atomic mass is 9.92. The summed E-state index contributed by atoms with van der Waals surface area (Å²) < 4.78 is 0. The van der Waals surface area contributed by atoms with Gasteiger partial charge in [0.05, 0.1) is 5.92 Å². The number of likely N-dealkylation sites (tertiary alicyclic amines) is 1. The van der Waals surface area contributed by atoms with Crippen LogP contribution in [-0.2, 0) is 4.79 Å². The summed E-state index contributed by atoms with van der Waals surface area (Å²) in [4.78, 5) is 15.0. The van der Waals surface area contributed by atoms with Crippen LogP contribution in [0.15, 0.2) is 30.3 Å². The average molecular weight is 259 g/mol. The third kappa shape index (κ3) is 3.17. The van der Waals surface area contributed by atoms with Crippen LogP contribution < -0.4 is 0 Å². The smallest absolute Gasteiger partial charge is 0.230 e. The Bertz CT molecular complexity index is 401. The largest absolute Gasteiger partial charge is 0.339 e. The van der Waals surface area contributed by atoms with E-state index in [-0.39, 0.29) is 5.92 Å². The molecule has 0 unspecified atom stereocenters. The average Bonchev–Trinajstić information content (AvgIpc) is 2.49. The van der Waals surface area contributed by atoms with Crippen molar-refractivity contribution in [1.29, 1.82) is 0 Å². The van der Waals surface area contributed by atoms with E-state index in [1.807, 2.05) is 18.2 Å². The van der Waals surface area contributed by atoms with E-state index in [1.54, 1.807) is 0 Å². The zero-order valence-electron chi connectivity index (χ0n) is 12.1. The summed E-state index contributed by atoms with van der Waals surface area (Å²) in [7, 11) is 0. The quantitative estimate of drug-likeness (QED) is 0.801. The molecule has 0 aliphatic carbocycles. The van der Waals surface area contributed by atoms with Gasteiger partial charge in [0, 0.05) is 12.6 Å². The van der Waals surface area contributed by atoms with Gasteiger partial charge in [0.1, 0.15) is 0 Å². The molecule has 1 aromatic rings. The minimum absolute atomic E-state index is 0.0355. The predicted molar refractivity (Wildman–Crippen MR) is 79.1 cm³/mol. The van der Waals surface area contributed by atoms with Crippen molar-refractivity contribution in [3.63, 3.8) is 0 Å². The monoisotopic (exact) mass is 259 g/mol. The molecule has 0 spiro atoms. The van der Waals surface area contributed by atoms with Crippen LogP contribution in [-0.4, -0.2) is 23.4 Å². The molecule has 0 radical (unpaired) electrons. The lowest BCUT2D eigenvalue weighted by Gasteiger charge is -2.37. The van der Waals surface area contributed by atoms with Crippen molar-refractivity contribution >= 4 is 5.91 Å². The molecule has 1 amide bonds. The highest BCUT2D eigenvalue weighted by molar-refractivity contribution is 5.84. The first kappa shape index (κ1) is 14.1. The first-order valence-electron chi connectivity index (χ1n) is 7.63. The molecule has 19 heavy (non-hydrogen) atoms. The molecule has 1 aliphatic heterocycles. The van der Waals surface area contributed by atoms with E-state index >= 15 is 0 Å². The maximum Gasteiger partial charge on any atom is 0.230 e. The topological polar surface area (TPSA) is 20.3 Å². The van der Waals surface area contributed by atoms with Gasteiger partial charge in [-0.15, -0.1) is 0 Å². The van der Waals surface area contributed by atoms with Crippen molar-refractivity contribution in [2.45, 2.75) is 57.9 Å². The Kier molecular flexibility index (Phi) is 5.00. The van der Waals surface area contributed by atoms with Gasteiger partial charge in [0.15, 0.2) is 0 Å². The fraction of sp³-hybridized carbons (Fsp3) is 0.588. The van der Waals surface area contributed by atoms with Gasteiger partial charge in [0.2, 0.25) is 5.91 Å². The van der Waals surface area contributed by atoms with Gasteiger partial charge in [0.25, 0.3) is 0 Å². The minimum Gasteiger partial charge on any atom is -0.339 e. The van der Waals surface area contributed by atoms with Crippen LogP contribution >= 0.6 is 0 Å². The molecule has 0 saturated carbocycles. The standard InChI is InChI=1S/C17H25NO/c1-3-15-12-8-9-13-18(15)17(19)16(4-2)14-10-6-5-7-11-14/h5-7,10-11,15-16H,3-4,8-9,12-13H2,1-2H3/t15-,16+/m0/s1. The van der Waals surface area contributed by atoms with Crippen LogP contribution in [0.4, 0.5) is 0 Å². The van der Waals surface area contributed by atoms with E-state index in [1.165, 1.54) is 12.8 Å². The molecule has 104 valence electrons. The van der Waals surface area contributed by atoms with Crippen LogP contribution in [0.2, 0.25) is 0 Å². The molecule has 1 fully saturated rings. The number of amides is 1. The summed E-state index contributed by atoms with van der Waals surface area (Å²) >= 11 is 0. The van der Waals surface area contributed by atoms with E-state index in [9.17, 15) is 4.79 Å². The second-order valence-electron chi connectivity index (χ2n) is 5.46. The van der Waals surface area contributed by atoms with Gasteiger partial charge in [-0.1, -0.05) is 44.2 Å². The van der Waals surface area contributed by atoms with E-state index < -0.39 is 0 Å². The Morgan fingerprint density at radius 3 is 2.63 bits per heavy atom. The zero-order chi connectivity index (χ0) is 13.7. The highest BCUT2D eigenvalue weighted by Gasteiger charge is 2.30. The number of piperidine rings is 1. The second-order valence-corrected chi connectivity index (χ2v) is 5.46. The zero-order valence-corrected chi connectivity index (χ0v) is 12.1. The molecule has 1 aromatic carbocycles. The molecule has 0 aromatic heterocycles. The Hall–Kier alpha value is -1.31. The molecule has 0 N–H and O–H groups in total. The normalized spacial score (nSPS) is 21.2. The fourth-order valence-electron chi connectivity index (χ4n) is 3.15. The van der Waals surface area contributed by atoms with Crippen molar-refractivity contribution < 1.29 is 4.79 Å². The lowest BCUT2D eigenvalue weighted by molar-refractivity contribution is -0.136. The number of benzene rings is 1. The molecule has 1 saturated heterocycles. The van der Waals surface area contributed by atoms with E-state index in [0.29, 0.717) is 11.9 Å². The molecule has 0 bridgehead atoms. The highest BCUT2D eigenvalue weighted by Crippen LogP contribution is 2.27. The van der Waals surface area contributed by atoms with Gasteiger partial charge in [-0.25, -0.2) is 0 Å². The SMILES string of the molecule is CC[C@H]1CCCCN1C(=O)[C@H](CC)c1ccccc1. The number of hydrogen-bond donors (Lipinski definition) is 0. The summed E-state index contributed by atoms with van der Waals surface area (Å²) in [6, 6.07) is 10.7. The molecule has 1 aliphatic rings. The molecule has 2 nitrogen and oxygen atoms in total. The van der Waals surface area contributed by atoms with Crippen molar-refractivity contribution in [1.82, 2.24) is 4.90 Å². The van der Waals surface area contributed by atoms with Gasteiger partial charge in [-0.2, -0.15) is 0 Å². The molecule has 2 atom stereocenters. The Labute approximate surface area is 116 Å². The Balaban J connectivity index is 2.16. The van der Waals surface area contributed by atoms with Crippen LogP contribution in [0.1, 0.15) is 57.4 Å². The van der Waals surface area contributed by atoms with Gasteiger partial charge in [-0.3, -0.25) is 4.79 Å². The minimum atomic E-state index is 0.0355. The van der Waals surface area contributed by atoms with Crippen molar-refractivity contribution in [3.05, 3.63) is 35.9 Å². The first-order chi connectivity index (χ1) is 9.27. The molecule has 2 rings (SSSR count). The number of nitrogens with zero attached hydrogens (tertiary/aromatic N) is 1. The number of hydrogen-bond acceptors (Lipinski definition) is 1. The first-order valence-corrected chi connectivity index (χ1v) is 7.63. The maximum atomic E-state index is 12.8. The van der Waals surface area contributed by atoms with Crippen LogP contribution in [0.5, 0.6) is 0 Å². The second kappa shape index (κ2) is 6.74. The van der Waals surface area contributed by atoms with E-state index in [2.05, 4.69) is 30.9 Å². The third-order valence-electron chi connectivity index (χ3n) is 4.29. The van der Waals surface area contributed by atoms with Crippen LogP contribution in [0.25, 0.3) is 0 Å². The fourth-order valence-corrected chi connectivity index (χ4v) is 3.15. The number of carbonyl (C=O) groups excluding carboxylic acids is 1. The number of rotatable bonds is 4. The van der Waals surface area contributed by atoms with Crippen molar-refractivity contribution in [2.24, 2.45) is 0 Å².